The van der Waals surface area contributed by atoms with E-state index in [-0.39, 0.29) is 11.7 Å². The zero-order valence-electron chi connectivity index (χ0n) is 9.92. The third-order valence-corrected chi connectivity index (χ3v) is 3.19. The topological polar surface area (TPSA) is 82.0 Å². The zero-order chi connectivity index (χ0) is 13.0. The number of thioether (sulfide) groups is 1. The highest BCUT2D eigenvalue weighted by molar-refractivity contribution is 7.99. The Balaban J connectivity index is 2.01. The van der Waals surface area contributed by atoms with E-state index in [0.717, 1.165) is 5.56 Å². The van der Waals surface area contributed by atoms with Crippen LogP contribution in [0.1, 0.15) is 11.4 Å². The highest BCUT2D eigenvalue weighted by Gasteiger charge is 2.08. The molecule has 0 fully saturated rings. The third-order valence-electron chi connectivity index (χ3n) is 2.24. The minimum absolute atomic E-state index is 0.258. The fourth-order valence-electron chi connectivity index (χ4n) is 1.37. The van der Waals surface area contributed by atoms with Gasteiger partial charge in [0.2, 0.25) is 5.91 Å². The van der Waals surface area contributed by atoms with Crippen molar-refractivity contribution >= 4 is 17.7 Å². The van der Waals surface area contributed by atoms with Gasteiger partial charge in [0.25, 0.3) is 5.89 Å². The van der Waals surface area contributed by atoms with Crippen LogP contribution in [0, 0.1) is 6.92 Å². The zero-order valence-corrected chi connectivity index (χ0v) is 10.7. The summed E-state index contributed by atoms with van der Waals surface area (Å²) in [5.74, 6) is 1.48. The molecule has 1 heterocycles. The van der Waals surface area contributed by atoms with Crippen LogP contribution in [0.15, 0.2) is 28.8 Å². The first kappa shape index (κ1) is 12.6. The number of carbonyl (C=O) groups is 1. The maximum atomic E-state index is 10.6. The van der Waals surface area contributed by atoms with Gasteiger partial charge >= 0.3 is 0 Å². The highest BCUT2D eigenvalue weighted by Crippen LogP contribution is 2.19. The lowest BCUT2D eigenvalue weighted by Gasteiger charge is -1.94. The average molecular weight is 263 g/mol. The number of benzene rings is 1. The Morgan fingerprint density at radius 1 is 1.39 bits per heavy atom. The summed E-state index contributed by atoms with van der Waals surface area (Å²) in [7, 11) is 0. The van der Waals surface area contributed by atoms with Gasteiger partial charge in [0.15, 0.2) is 5.82 Å². The number of nitrogens with zero attached hydrogens (tertiary/aromatic N) is 2. The van der Waals surface area contributed by atoms with Gasteiger partial charge in [-0.05, 0) is 19.1 Å². The summed E-state index contributed by atoms with van der Waals surface area (Å²) >= 11 is 1.37. The second kappa shape index (κ2) is 5.68. The van der Waals surface area contributed by atoms with Gasteiger partial charge in [-0.25, -0.2) is 0 Å². The minimum atomic E-state index is -0.345. The summed E-state index contributed by atoms with van der Waals surface area (Å²) < 4.78 is 5.16. The van der Waals surface area contributed by atoms with Crippen LogP contribution in [0.25, 0.3) is 11.5 Å². The normalized spacial score (nSPS) is 10.5. The summed E-state index contributed by atoms with van der Waals surface area (Å²) in [4.78, 5) is 14.8. The number of amides is 1. The van der Waals surface area contributed by atoms with Crippen LogP contribution in [0.2, 0.25) is 0 Å². The predicted molar refractivity (Wildman–Crippen MR) is 69.8 cm³/mol. The van der Waals surface area contributed by atoms with Gasteiger partial charge in [-0.2, -0.15) is 4.98 Å². The fraction of sp³-hybridized carbons (Fsp3) is 0.250. The summed E-state index contributed by atoms with van der Waals surface area (Å²) in [6.07, 6.45) is 0. The van der Waals surface area contributed by atoms with E-state index < -0.39 is 0 Å². The second-order valence-electron chi connectivity index (χ2n) is 3.84. The van der Waals surface area contributed by atoms with Crippen molar-refractivity contribution in [2.24, 2.45) is 5.73 Å². The van der Waals surface area contributed by atoms with Crippen molar-refractivity contribution in [1.82, 2.24) is 10.1 Å². The van der Waals surface area contributed by atoms with Crippen molar-refractivity contribution in [3.63, 3.8) is 0 Å². The van der Waals surface area contributed by atoms with Crippen LogP contribution in [-0.4, -0.2) is 21.8 Å². The molecule has 0 atom stereocenters. The van der Waals surface area contributed by atoms with Gasteiger partial charge in [0.1, 0.15) is 0 Å². The van der Waals surface area contributed by atoms with E-state index in [1.807, 2.05) is 31.2 Å². The highest BCUT2D eigenvalue weighted by atomic mass is 32.2. The first-order chi connectivity index (χ1) is 8.65. The third kappa shape index (κ3) is 3.33. The molecule has 1 aromatic heterocycles. The van der Waals surface area contributed by atoms with E-state index in [1.165, 1.54) is 17.3 Å². The number of hydrogen-bond acceptors (Lipinski definition) is 5. The SMILES string of the molecule is Cc1ccc(-c2nc(CSCC(N)=O)no2)cc1. The molecule has 1 amide bonds. The number of aryl methyl sites for hydroxylation is 1. The van der Waals surface area contributed by atoms with E-state index in [0.29, 0.717) is 17.5 Å². The quantitative estimate of drug-likeness (QED) is 0.888. The second-order valence-corrected chi connectivity index (χ2v) is 4.83. The van der Waals surface area contributed by atoms with E-state index in [1.54, 1.807) is 0 Å². The molecule has 0 aliphatic carbocycles. The first-order valence-corrected chi connectivity index (χ1v) is 6.56. The van der Waals surface area contributed by atoms with E-state index >= 15 is 0 Å². The van der Waals surface area contributed by atoms with Crippen molar-refractivity contribution in [2.45, 2.75) is 12.7 Å². The molecule has 2 aromatic rings. The fourth-order valence-corrected chi connectivity index (χ4v) is 1.97. The molecule has 0 radical (unpaired) electrons. The Bertz CT molecular complexity index is 537. The van der Waals surface area contributed by atoms with Crippen LogP contribution in [-0.2, 0) is 10.5 Å². The van der Waals surface area contributed by atoms with Crippen molar-refractivity contribution in [1.29, 1.82) is 0 Å². The van der Waals surface area contributed by atoms with Gasteiger partial charge in [-0.3, -0.25) is 4.79 Å². The van der Waals surface area contributed by atoms with Gasteiger partial charge in [-0.15, -0.1) is 11.8 Å². The molecular formula is C12H13N3O2S. The van der Waals surface area contributed by atoms with Crippen molar-refractivity contribution in [3.05, 3.63) is 35.7 Å². The van der Waals surface area contributed by atoms with Gasteiger partial charge in [-0.1, -0.05) is 22.9 Å². The van der Waals surface area contributed by atoms with Gasteiger partial charge < -0.3 is 10.3 Å². The Hall–Kier alpha value is -1.82. The maximum Gasteiger partial charge on any atom is 0.257 e. The Kier molecular flexibility index (Phi) is 3.99. The number of rotatable bonds is 5. The van der Waals surface area contributed by atoms with Crippen LogP contribution in [0.4, 0.5) is 0 Å². The molecule has 0 unspecified atom stereocenters. The number of hydrogen-bond donors (Lipinski definition) is 1. The van der Waals surface area contributed by atoms with Gasteiger partial charge in [0, 0.05) is 5.56 Å². The Morgan fingerprint density at radius 2 is 2.11 bits per heavy atom. The van der Waals surface area contributed by atoms with Crippen LogP contribution in [0.5, 0.6) is 0 Å². The van der Waals surface area contributed by atoms with E-state index in [9.17, 15) is 4.79 Å². The number of aromatic nitrogens is 2. The molecule has 18 heavy (non-hydrogen) atoms. The van der Waals surface area contributed by atoms with Crippen LogP contribution < -0.4 is 5.73 Å². The smallest absolute Gasteiger partial charge is 0.257 e. The molecule has 5 nitrogen and oxygen atoms in total. The largest absolute Gasteiger partial charge is 0.369 e. The number of primary amides is 1. The Labute approximate surface area is 109 Å². The van der Waals surface area contributed by atoms with Crippen molar-refractivity contribution < 1.29 is 9.32 Å². The Morgan fingerprint density at radius 3 is 2.78 bits per heavy atom. The lowest BCUT2D eigenvalue weighted by molar-refractivity contribution is -0.115. The molecule has 0 saturated carbocycles. The average Bonchev–Trinajstić information content (AvgIpc) is 2.78. The van der Waals surface area contributed by atoms with E-state index in [2.05, 4.69) is 10.1 Å². The monoisotopic (exact) mass is 263 g/mol. The van der Waals surface area contributed by atoms with Crippen molar-refractivity contribution in [2.75, 3.05) is 5.75 Å². The molecular weight excluding hydrogens is 250 g/mol. The summed E-state index contributed by atoms with van der Waals surface area (Å²) in [5, 5.41) is 3.85. The number of nitrogens with two attached hydrogens (primary N) is 1. The molecule has 6 heteroatoms. The molecule has 94 valence electrons. The maximum absolute atomic E-state index is 10.6. The summed E-state index contributed by atoms with van der Waals surface area (Å²) in [6, 6.07) is 7.84. The molecule has 0 aliphatic heterocycles. The molecule has 0 saturated heterocycles. The number of carbonyl (C=O) groups excluding carboxylic acids is 1. The summed E-state index contributed by atoms with van der Waals surface area (Å²) in [6.45, 7) is 2.02. The molecule has 2 rings (SSSR count). The first-order valence-electron chi connectivity index (χ1n) is 5.41. The standard InChI is InChI=1S/C12H13N3O2S/c1-8-2-4-9(5-3-8)12-14-11(15-17-12)7-18-6-10(13)16/h2-5H,6-7H2,1H3,(H2,13,16). The molecule has 0 bridgehead atoms. The van der Waals surface area contributed by atoms with Gasteiger partial charge in [0.05, 0.1) is 11.5 Å². The van der Waals surface area contributed by atoms with E-state index in [4.69, 9.17) is 10.3 Å². The predicted octanol–water partition coefficient (Wildman–Crippen LogP) is 1.76. The molecule has 1 aromatic carbocycles. The minimum Gasteiger partial charge on any atom is -0.369 e. The van der Waals surface area contributed by atoms with Crippen LogP contribution in [0.3, 0.4) is 0 Å². The van der Waals surface area contributed by atoms with Crippen molar-refractivity contribution in [3.8, 4) is 11.5 Å². The molecule has 0 spiro atoms. The van der Waals surface area contributed by atoms with Crippen LogP contribution >= 0.6 is 11.8 Å². The molecule has 0 aliphatic rings. The lowest BCUT2D eigenvalue weighted by Crippen LogP contribution is -2.13. The summed E-state index contributed by atoms with van der Waals surface area (Å²) in [5.41, 5.74) is 7.11. The molecule has 2 N–H and O–H groups in total. The lowest BCUT2D eigenvalue weighted by atomic mass is 10.1.